The van der Waals surface area contributed by atoms with E-state index in [-0.39, 0.29) is 27.8 Å². The molecule has 0 radical (unpaired) electrons. The smallest absolute Gasteiger partial charge is 0.335 e. The van der Waals surface area contributed by atoms with Crippen LogP contribution in [0.2, 0.25) is 5.02 Å². The first-order valence-corrected chi connectivity index (χ1v) is 6.22. The maximum absolute atomic E-state index is 11.0. The zero-order chi connectivity index (χ0) is 15.6. The van der Waals surface area contributed by atoms with Crippen LogP contribution in [0.15, 0.2) is 36.4 Å². The summed E-state index contributed by atoms with van der Waals surface area (Å²) >= 11 is 5.72. The highest BCUT2D eigenvalue weighted by molar-refractivity contribution is 6.30. The third-order valence-corrected chi connectivity index (χ3v) is 3.01. The molecule has 2 aromatic rings. The van der Waals surface area contributed by atoms with Gasteiger partial charge in [-0.05, 0) is 36.8 Å². The number of nitro benzene ring substituents is 1. The molecule has 6 nitrogen and oxygen atoms in total. The third-order valence-electron chi connectivity index (χ3n) is 2.77. The monoisotopic (exact) mass is 307 g/mol. The number of benzene rings is 2. The van der Waals surface area contributed by atoms with E-state index >= 15 is 0 Å². The summed E-state index contributed by atoms with van der Waals surface area (Å²) in [5.41, 5.74) is 0.402. The molecule has 2 aromatic carbocycles. The Kier molecular flexibility index (Phi) is 4.09. The molecule has 0 unspecified atom stereocenters. The standard InChI is InChI=1S/C14H10ClNO5/c1-8-2-3-9(14(17)18)6-13(8)21-12-5-4-10(15)7-11(12)16(19)20/h2-7H,1H3,(H,17,18). The molecule has 0 aliphatic rings. The van der Waals surface area contributed by atoms with Gasteiger partial charge in [0.05, 0.1) is 10.5 Å². The minimum absolute atomic E-state index is 0.00459. The van der Waals surface area contributed by atoms with Crippen LogP contribution in [0.3, 0.4) is 0 Å². The van der Waals surface area contributed by atoms with E-state index in [1.54, 1.807) is 13.0 Å². The van der Waals surface area contributed by atoms with Gasteiger partial charge in [-0.25, -0.2) is 4.79 Å². The fraction of sp³-hybridized carbons (Fsp3) is 0.0714. The van der Waals surface area contributed by atoms with Gasteiger partial charge in [0.1, 0.15) is 5.75 Å². The quantitative estimate of drug-likeness (QED) is 0.680. The van der Waals surface area contributed by atoms with Crippen LogP contribution in [-0.2, 0) is 0 Å². The highest BCUT2D eigenvalue weighted by atomic mass is 35.5. The van der Waals surface area contributed by atoms with Gasteiger partial charge in [-0.3, -0.25) is 10.1 Å². The van der Waals surface area contributed by atoms with Gasteiger partial charge < -0.3 is 9.84 Å². The maximum Gasteiger partial charge on any atom is 0.335 e. The summed E-state index contributed by atoms with van der Waals surface area (Å²) < 4.78 is 5.48. The molecule has 0 aliphatic heterocycles. The Morgan fingerprint density at radius 3 is 2.57 bits per heavy atom. The Hall–Kier alpha value is -2.60. The number of carbonyl (C=O) groups is 1. The number of hydrogen-bond acceptors (Lipinski definition) is 4. The zero-order valence-electron chi connectivity index (χ0n) is 10.9. The van der Waals surface area contributed by atoms with Crippen LogP contribution in [0, 0.1) is 17.0 Å². The van der Waals surface area contributed by atoms with E-state index in [1.807, 2.05) is 0 Å². The number of aryl methyl sites for hydroxylation is 1. The summed E-state index contributed by atoms with van der Waals surface area (Å²) in [6.07, 6.45) is 0. The van der Waals surface area contributed by atoms with E-state index in [1.165, 1.54) is 30.3 Å². The molecule has 0 saturated heterocycles. The number of aromatic carboxylic acids is 1. The van der Waals surface area contributed by atoms with Crippen LogP contribution >= 0.6 is 11.6 Å². The number of ether oxygens (including phenoxy) is 1. The fourth-order valence-electron chi connectivity index (χ4n) is 1.68. The summed E-state index contributed by atoms with van der Waals surface area (Å²) in [7, 11) is 0. The lowest BCUT2D eigenvalue weighted by molar-refractivity contribution is -0.385. The second-order valence-corrected chi connectivity index (χ2v) is 4.69. The van der Waals surface area contributed by atoms with Crippen molar-refractivity contribution in [3.05, 3.63) is 62.7 Å². The Balaban J connectivity index is 2.45. The van der Waals surface area contributed by atoms with Gasteiger partial charge in [0.25, 0.3) is 0 Å². The number of carboxylic acids is 1. The molecular formula is C14H10ClNO5. The van der Waals surface area contributed by atoms with E-state index in [0.717, 1.165) is 0 Å². The van der Waals surface area contributed by atoms with Crippen molar-refractivity contribution in [2.75, 3.05) is 0 Å². The van der Waals surface area contributed by atoms with Gasteiger partial charge in [0, 0.05) is 11.1 Å². The van der Waals surface area contributed by atoms with Crippen molar-refractivity contribution >= 4 is 23.3 Å². The molecule has 0 saturated carbocycles. The molecule has 2 rings (SSSR count). The Morgan fingerprint density at radius 2 is 1.95 bits per heavy atom. The number of nitrogens with zero attached hydrogens (tertiary/aromatic N) is 1. The molecule has 21 heavy (non-hydrogen) atoms. The van der Waals surface area contributed by atoms with Crippen LogP contribution in [-0.4, -0.2) is 16.0 Å². The number of halogens is 1. The Labute approximate surface area is 124 Å². The Bertz CT molecular complexity index is 729. The normalized spacial score (nSPS) is 10.2. The lowest BCUT2D eigenvalue weighted by atomic mass is 10.1. The molecule has 108 valence electrons. The van der Waals surface area contributed by atoms with E-state index in [9.17, 15) is 14.9 Å². The van der Waals surface area contributed by atoms with Crippen LogP contribution in [0.25, 0.3) is 0 Å². The predicted octanol–water partition coefficient (Wildman–Crippen LogP) is 4.05. The SMILES string of the molecule is Cc1ccc(C(=O)O)cc1Oc1ccc(Cl)cc1[N+](=O)[O-]. The molecule has 1 N–H and O–H groups in total. The van der Waals surface area contributed by atoms with E-state index in [2.05, 4.69) is 0 Å². The van der Waals surface area contributed by atoms with E-state index in [4.69, 9.17) is 21.4 Å². The van der Waals surface area contributed by atoms with E-state index in [0.29, 0.717) is 5.56 Å². The first-order chi connectivity index (χ1) is 9.88. The summed E-state index contributed by atoms with van der Waals surface area (Å²) in [6, 6.07) is 8.32. The van der Waals surface area contributed by atoms with Crippen LogP contribution < -0.4 is 4.74 Å². The summed E-state index contributed by atoms with van der Waals surface area (Å²) in [4.78, 5) is 21.3. The molecule has 0 fully saturated rings. The molecular weight excluding hydrogens is 298 g/mol. The lowest BCUT2D eigenvalue weighted by Crippen LogP contribution is -1.99. The van der Waals surface area contributed by atoms with Gasteiger partial charge in [-0.1, -0.05) is 17.7 Å². The minimum Gasteiger partial charge on any atom is -0.478 e. The second kappa shape index (κ2) is 5.80. The molecule has 7 heteroatoms. The fourth-order valence-corrected chi connectivity index (χ4v) is 1.85. The molecule has 0 bridgehead atoms. The third kappa shape index (κ3) is 3.29. The van der Waals surface area contributed by atoms with Crippen molar-refractivity contribution in [3.8, 4) is 11.5 Å². The van der Waals surface area contributed by atoms with Crippen LogP contribution in [0.1, 0.15) is 15.9 Å². The lowest BCUT2D eigenvalue weighted by Gasteiger charge is -2.10. The number of hydrogen-bond donors (Lipinski definition) is 1. The number of carboxylic acid groups (broad SMARTS) is 1. The highest BCUT2D eigenvalue weighted by Gasteiger charge is 2.18. The van der Waals surface area contributed by atoms with Crippen molar-refractivity contribution < 1.29 is 19.6 Å². The molecule has 0 atom stereocenters. The van der Waals surface area contributed by atoms with Crippen LogP contribution in [0.4, 0.5) is 5.69 Å². The van der Waals surface area contributed by atoms with E-state index < -0.39 is 10.9 Å². The second-order valence-electron chi connectivity index (χ2n) is 4.26. The van der Waals surface area contributed by atoms with Crippen molar-refractivity contribution in [1.82, 2.24) is 0 Å². The highest BCUT2D eigenvalue weighted by Crippen LogP contribution is 2.35. The van der Waals surface area contributed by atoms with Crippen molar-refractivity contribution in [1.29, 1.82) is 0 Å². The van der Waals surface area contributed by atoms with Gasteiger partial charge in [-0.2, -0.15) is 0 Å². The number of rotatable bonds is 4. The summed E-state index contributed by atoms with van der Waals surface area (Å²) in [6.45, 7) is 1.71. The topological polar surface area (TPSA) is 89.7 Å². The molecule has 0 aliphatic carbocycles. The Morgan fingerprint density at radius 1 is 1.24 bits per heavy atom. The van der Waals surface area contributed by atoms with Gasteiger partial charge in [0.15, 0.2) is 0 Å². The van der Waals surface area contributed by atoms with Crippen molar-refractivity contribution in [2.24, 2.45) is 0 Å². The van der Waals surface area contributed by atoms with Gasteiger partial charge in [0.2, 0.25) is 5.75 Å². The predicted molar refractivity (Wildman–Crippen MR) is 76.3 cm³/mol. The number of nitro groups is 1. The average molecular weight is 308 g/mol. The van der Waals surface area contributed by atoms with Crippen molar-refractivity contribution in [2.45, 2.75) is 6.92 Å². The molecule has 0 spiro atoms. The largest absolute Gasteiger partial charge is 0.478 e. The summed E-state index contributed by atoms with van der Waals surface area (Å²) in [5, 5.41) is 20.2. The molecule has 0 amide bonds. The molecule has 0 heterocycles. The van der Waals surface area contributed by atoms with Gasteiger partial charge >= 0.3 is 11.7 Å². The maximum atomic E-state index is 11.0. The minimum atomic E-state index is -1.11. The van der Waals surface area contributed by atoms with Crippen LogP contribution in [0.5, 0.6) is 11.5 Å². The average Bonchev–Trinajstić information content (AvgIpc) is 2.42. The first kappa shape index (κ1) is 14.8. The zero-order valence-corrected chi connectivity index (χ0v) is 11.6. The first-order valence-electron chi connectivity index (χ1n) is 5.84. The molecule has 0 aromatic heterocycles. The van der Waals surface area contributed by atoms with Gasteiger partial charge in [-0.15, -0.1) is 0 Å². The van der Waals surface area contributed by atoms with Crippen molar-refractivity contribution in [3.63, 3.8) is 0 Å². The summed E-state index contributed by atoms with van der Waals surface area (Å²) in [5.74, 6) is -0.874.